The number of aromatic nitrogens is 4. The molecule has 0 bridgehead atoms. The van der Waals surface area contributed by atoms with Gasteiger partial charge in [0.15, 0.2) is 11.6 Å². The highest BCUT2D eigenvalue weighted by Crippen LogP contribution is 2.26. The molecular formula is C18H16N6. The lowest BCUT2D eigenvalue weighted by atomic mass is 10.2. The molecule has 4 N–H and O–H groups in total. The number of pyridine rings is 1. The maximum Gasteiger partial charge on any atom is 0.173 e. The largest absolute Gasteiger partial charge is 0.381 e. The van der Waals surface area contributed by atoms with Gasteiger partial charge in [-0.1, -0.05) is 0 Å². The Bertz CT molecular complexity index is 1010. The zero-order chi connectivity index (χ0) is 16.5. The van der Waals surface area contributed by atoms with Gasteiger partial charge in [0, 0.05) is 40.2 Å². The van der Waals surface area contributed by atoms with Crippen LogP contribution in [0.3, 0.4) is 0 Å². The fraction of sp³-hybridized carbons (Fsp3) is 0.0556. The van der Waals surface area contributed by atoms with E-state index >= 15 is 0 Å². The molecule has 1 aromatic carbocycles. The van der Waals surface area contributed by atoms with Crippen LogP contribution < -0.4 is 11.1 Å². The Morgan fingerprint density at radius 1 is 1.12 bits per heavy atom. The number of rotatable bonds is 3. The molecule has 3 aromatic heterocycles. The van der Waals surface area contributed by atoms with Gasteiger partial charge in [0.1, 0.15) is 0 Å². The van der Waals surface area contributed by atoms with Crippen molar-refractivity contribution in [2.24, 2.45) is 0 Å². The number of H-pyrrole nitrogens is 1. The van der Waals surface area contributed by atoms with E-state index in [1.807, 2.05) is 31.2 Å². The van der Waals surface area contributed by atoms with Crippen molar-refractivity contribution in [1.82, 2.24) is 19.9 Å². The number of nitrogens with zero attached hydrogens (tertiary/aromatic N) is 3. The highest BCUT2D eigenvalue weighted by atomic mass is 15.1. The zero-order valence-corrected chi connectivity index (χ0v) is 13.1. The molecule has 0 fully saturated rings. The lowest BCUT2D eigenvalue weighted by Crippen LogP contribution is -2.02. The summed E-state index contributed by atoms with van der Waals surface area (Å²) in [4.78, 5) is 16.2. The van der Waals surface area contributed by atoms with E-state index in [1.54, 1.807) is 18.6 Å². The molecule has 24 heavy (non-hydrogen) atoms. The van der Waals surface area contributed by atoms with Crippen LogP contribution in [0.1, 0.15) is 5.69 Å². The van der Waals surface area contributed by atoms with E-state index < -0.39 is 0 Å². The van der Waals surface area contributed by atoms with E-state index in [1.165, 1.54) is 0 Å². The summed E-state index contributed by atoms with van der Waals surface area (Å²) in [5.41, 5.74) is 10.7. The van der Waals surface area contributed by atoms with Gasteiger partial charge in [-0.25, -0.2) is 9.97 Å². The second-order valence-corrected chi connectivity index (χ2v) is 5.61. The second-order valence-electron chi connectivity index (χ2n) is 5.61. The Morgan fingerprint density at radius 3 is 2.88 bits per heavy atom. The topological polar surface area (TPSA) is 92.5 Å². The number of hydrogen-bond acceptors (Lipinski definition) is 5. The molecule has 0 saturated carbocycles. The number of aryl methyl sites for hydroxylation is 1. The molecular weight excluding hydrogens is 300 g/mol. The van der Waals surface area contributed by atoms with Crippen molar-refractivity contribution in [3.05, 3.63) is 60.7 Å². The minimum Gasteiger partial charge on any atom is -0.381 e. The predicted octanol–water partition coefficient (Wildman–Crippen LogP) is 3.65. The van der Waals surface area contributed by atoms with E-state index in [9.17, 15) is 0 Å². The third-order valence-electron chi connectivity index (χ3n) is 3.78. The van der Waals surface area contributed by atoms with Crippen LogP contribution in [0.4, 0.5) is 17.3 Å². The van der Waals surface area contributed by atoms with Crippen LogP contribution in [0.15, 0.2) is 55.0 Å². The highest BCUT2D eigenvalue weighted by Gasteiger charge is 2.08. The summed E-state index contributed by atoms with van der Waals surface area (Å²) in [6.45, 7) is 2.04. The lowest BCUT2D eigenvalue weighted by Gasteiger charge is -2.09. The van der Waals surface area contributed by atoms with Crippen molar-refractivity contribution >= 4 is 28.2 Å². The Balaban J connectivity index is 1.70. The van der Waals surface area contributed by atoms with Gasteiger partial charge in [0.05, 0.1) is 11.9 Å². The monoisotopic (exact) mass is 316 g/mol. The van der Waals surface area contributed by atoms with Gasteiger partial charge < -0.3 is 16.0 Å². The zero-order valence-electron chi connectivity index (χ0n) is 13.1. The molecule has 0 atom stereocenters. The van der Waals surface area contributed by atoms with Crippen molar-refractivity contribution in [3.63, 3.8) is 0 Å². The quantitative estimate of drug-likeness (QED) is 0.536. The van der Waals surface area contributed by atoms with Crippen LogP contribution >= 0.6 is 0 Å². The SMILES string of the molecule is Cc1cc2cc(Nc3nc(-c4cccnc4)cnc3N)ccc2[nH]1. The van der Waals surface area contributed by atoms with Crippen molar-refractivity contribution in [2.75, 3.05) is 11.1 Å². The molecule has 4 rings (SSSR count). The molecule has 0 saturated heterocycles. The minimum absolute atomic E-state index is 0.355. The van der Waals surface area contributed by atoms with Crippen LogP contribution in [0.2, 0.25) is 0 Å². The smallest absolute Gasteiger partial charge is 0.173 e. The second kappa shape index (κ2) is 5.66. The van der Waals surface area contributed by atoms with Gasteiger partial charge in [-0.2, -0.15) is 0 Å². The predicted molar refractivity (Wildman–Crippen MR) is 96.0 cm³/mol. The van der Waals surface area contributed by atoms with Gasteiger partial charge in [0.25, 0.3) is 0 Å². The normalized spacial score (nSPS) is 10.9. The van der Waals surface area contributed by atoms with Crippen molar-refractivity contribution < 1.29 is 0 Å². The fourth-order valence-corrected chi connectivity index (χ4v) is 2.64. The molecule has 4 aromatic rings. The molecule has 6 heteroatoms. The number of anilines is 3. The summed E-state index contributed by atoms with van der Waals surface area (Å²) in [6.07, 6.45) is 5.12. The van der Waals surface area contributed by atoms with Gasteiger partial charge >= 0.3 is 0 Å². The van der Waals surface area contributed by atoms with Crippen LogP contribution in [-0.2, 0) is 0 Å². The Morgan fingerprint density at radius 2 is 2.04 bits per heavy atom. The number of aromatic amines is 1. The first-order chi connectivity index (χ1) is 11.7. The first kappa shape index (κ1) is 14.2. The number of nitrogens with one attached hydrogen (secondary N) is 2. The van der Waals surface area contributed by atoms with E-state index in [-0.39, 0.29) is 0 Å². The standard InChI is InChI=1S/C18H16N6/c1-11-7-13-8-14(4-5-15(13)22-11)23-18-17(19)21-10-16(24-18)12-3-2-6-20-9-12/h2-10,22H,1H3,(H2,19,21)(H,23,24). The Labute approximate surface area is 138 Å². The van der Waals surface area contributed by atoms with Crippen LogP contribution in [0.5, 0.6) is 0 Å². The summed E-state index contributed by atoms with van der Waals surface area (Å²) in [5.74, 6) is 0.885. The Kier molecular flexibility index (Phi) is 3.35. The number of hydrogen-bond donors (Lipinski definition) is 3. The van der Waals surface area contributed by atoms with Crippen LogP contribution in [0, 0.1) is 6.92 Å². The maximum absolute atomic E-state index is 5.97. The number of nitrogens with two attached hydrogens (primary N) is 1. The summed E-state index contributed by atoms with van der Waals surface area (Å²) in [5, 5.41) is 4.38. The van der Waals surface area contributed by atoms with E-state index in [0.29, 0.717) is 11.6 Å². The fourth-order valence-electron chi connectivity index (χ4n) is 2.64. The Hall–Kier alpha value is -3.41. The first-order valence-corrected chi connectivity index (χ1v) is 7.58. The molecule has 0 unspecified atom stereocenters. The summed E-state index contributed by atoms with van der Waals surface area (Å²) < 4.78 is 0. The maximum atomic E-state index is 5.97. The third-order valence-corrected chi connectivity index (χ3v) is 3.78. The van der Waals surface area contributed by atoms with Crippen LogP contribution in [-0.4, -0.2) is 19.9 Å². The van der Waals surface area contributed by atoms with Gasteiger partial charge in [-0.3, -0.25) is 4.98 Å². The molecule has 0 radical (unpaired) electrons. The average molecular weight is 316 g/mol. The van der Waals surface area contributed by atoms with E-state index in [4.69, 9.17) is 5.73 Å². The molecule has 0 aliphatic rings. The molecule has 0 spiro atoms. The molecule has 3 heterocycles. The molecule has 0 aliphatic carbocycles. The summed E-state index contributed by atoms with van der Waals surface area (Å²) >= 11 is 0. The number of fused-ring (bicyclic) bond motifs is 1. The molecule has 118 valence electrons. The lowest BCUT2D eigenvalue weighted by molar-refractivity contribution is 1.20. The van der Waals surface area contributed by atoms with Gasteiger partial charge in [-0.15, -0.1) is 0 Å². The minimum atomic E-state index is 0.355. The van der Waals surface area contributed by atoms with Crippen LogP contribution in [0.25, 0.3) is 22.2 Å². The first-order valence-electron chi connectivity index (χ1n) is 7.58. The molecule has 0 amide bonds. The molecule has 6 nitrogen and oxygen atoms in total. The number of benzene rings is 1. The highest BCUT2D eigenvalue weighted by molar-refractivity contribution is 5.85. The van der Waals surface area contributed by atoms with E-state index in [2.05, 4.69) is 37.4 Å². The number of nitrogen functional groups attached to an aromatic ring is 1. The average Bonchev–Trinajstić information content (AvgIpc) is 2.97. The van der Waals surface area contributed by atoms with E-state index in [0.717, 1.165) is 33.5 Å². The van der Waals surface area contributed by atoms with Crippen molar-refractivity contribution in [3.8, 4) is 11.3 Å². The van der Waals surface area contributed by atoms with Crippen molar-refractivity contribution in [1.29, 1.82) is 0 Å². The third kappa shape index (κ3) is 2.65. The summed E-state index contributed by atoms with van der Waals surface area (Å²) in [6, 6.07) is 12.0. The summed E-state index contributed by atoms with van der Waals surface area (Å²) in [7, 11) is 0. The van der Waals surface area contributed by atoms with Gasteiger partial charge in [-0.05, 0) is 43.3 Å². The van der Waals surface area contributed by atoms with Gasteiger partial charge in [0.2, 0.25) is 0 Å². The molecule has 0 aliphatic heterocycles. The van der Waals surface area contributed by atoms with Crippen molar-refractivity contribution in [2.45, 2.75) is 6.92 Å².